The molecule has 1 aliphatic rings. The van der Waals surface area contributed by atoms with E-state index in [1.807, 2.05) is 37.3 Å². The minimum Gasteiger partial charge on any atom is -0.458 e. The predicted octanol–water partition coefficient (Wildman–Crippen LogP) is 4.25. The second-order valence-electron chi connectivity index (χ2n) is 4.68. The van der Waals surface area contributed by atoms with Crippen molar-refractivity contribution in [2.24, 2.45) is 4.99 Å². The SMILES string of the molecule is Cc1ccc(C2=Nc3cccc4cccc(c34)N2)o1. The molecule has 1 aliphatic heterocycles. The Balaban J connectivity index is 1.96. The largest absolute Gasteiger partial charge is 0.458 e. The lowest BCUT2D eigenvalue weighted by Gasteiger charge is -2.17. The molecule has 1 aromatic heterocycles. The average molecular weight is 248 g/mol. The Bertz CT molecular complexity index is 809. The Labute approximate surface area is 110 Å². The molecule has 0 bridgehead atoms. The molecule has 1 N–H and O–H groups in total. The molecule has 0 unspecified atom stereocenters. The van der Waals surface area contributed by atoms with Crippen molar-refractivity contribution in [2.75, 3.05) is 5.32 Å². The van der Waals surface area contributed by atoms with E-state index in [-0.39, 0.29) is 0 Å². The first-order valence-electron chi connectivity index (χ1n) is 6.25. The topological polar surface area (TPSA) is 37.5 Å². The maximum Gasteiger partial charge on any atom is 0.174 e. The summed E-state index contributed by atoms with van der Waals surface area (Å²) >= 11 is 0. The molecule has 0 aliphatic carbocycles. The van der Waals surface area contributed by atoms with Gasteiger partial charge in [-0.25, -0.2) is 4.99 Å². The molecule has 0 saturated carbocycles. The van der Waals surface area contributed by atoms with Crippen molar-refractivity contribution in [3.05, 3.63) is 60.1 Å². The second kappa shape index (κ2) is 3.72. The van der Waals surface area contributed by atoms with Gasteiger partial charge in [0.25, 0.3) is 0 Å². The van der Waals surface area contributed by atoms with Crippen LogP contribution < -0.4 is 5.32 Å². The van der Waals surface area contributed by atoms with E-state index in [1.165, 1.54) is 5.39 Å². The zero-order valence-corrected chi connectivity index (χ0v) is 10.5. The number of aryl methyl sites for hydroxylation is 1. The zero-order valence-electron chi connectivity index (χ0n) is 10.5. The standard InChI is InChI=1S/C16H12N2O/c1-10-8-9-14(19-10)16-17-12-6-2-4-11-5-3-7-13(18-16)15(11)12/h2-9H,1H3,(H,17,18). The highest BCUT2D eigenvalue weighted by atomic mass is 16.3. The first kappa shape index (κ1) is 10.4. The first-order chi connectivity index (χ1) is 9.31. The summed E-state index contributed by atoms with van der Waals surface area (Å²) in [5.74, 6) is 2.42. The third-order valence-corrected chi connectivity index (χ3v) is 3.34. The Morgan fingerprint density at radius 1 is 1.00 bits per heavy atom. The quantitative estimate of drug-likeness (QED) is 0.699. The van der Waals surface area contributed by atoms with Crippen LogP contribution in [0.5, 0.6) is 0 Å². The summed E-state index contributed by atoms with van der Waals surface area (Å²) in [5.41, 5.74) is 2.06. The van der Waals surface area contributed by atoms with Crippen molar-refractivity contribution < 1.29 is 4.42 Å². The molecular weight excluding hydrogens is 236 g/mol. The van der Waals surface area contributed by atoms with Crippen molar-refractivity contribution in [3.8, 4) is 0 Å². The van der Waals surface area contributed by atoms with Gasteiger partial charge in [0.1, 0.15) is 5.76 Å². The van der Waals surface area contributed by atoms with Crippen LogP contribution in [0.15, 0.2) is 57.9 Å². The predicted molar refractivity (Wildman–Crippen MR) is 77.2 cm³/mol. The molecule has 0 atom stereocenters. The Kier molecular flexibility index (Phi) is 2.03. The molecule has 0 spiro atoms. The smallest absolute Gasteiger partial charge is 0.174 e. The van der Waals surface area contributed by atoms with E-state index in [9.17, 15) is 0 Å². The van der Waals surface area contributed by atoms with E-state index in [0.29, 0.717) is 0 Å². The lowest BCUT2D eigenvalue weighted by atomic mass is 10.1. The fraction of sp³-hybridized carbons (Fsp3) is 0.0625. The van der Waals surface area contributed by atoms with Gasteiger partial charge in [-0.3, -0.25) is 0 Å². The summed E-state index contributed by atoms with van der Waals surface area (Å²) in [6.45, 7) is 1.93. The fourth-order valence-electron chi connectivity index (χ4n) is 2.47. The minimum atomic E-state index is 0.763. The number of nitrogens with zero attached hydrogens (tertiary/aromatic N) is 1. The third-order valence-electron chi connectivity index (χ3n) is 3.34. The molecule has 0 amide bonds. The normalized spacial score (nSPS) is 13.2. The number of benzene rings is 2. The number of hydrogen-bond acceptors (Lipinski definition) is 3. The second-order valence-corrected chi connectivity index (χ2v) is 4.68. The molecule has 2 aromatic carbocycles. The molecule has 4 rings (SSSR count). The summed E-state index contributed by atoms with van der Waals surface area (Å²) < 4.78 is 5.64. The van der Waals surface area contributed by atoms with Crippen LogP contribution >= 0.6 is 0 Å². The Morgan fingerprint density at radius 3 is 2.63 bits per heavy atom. The molecule has 92 valence electrons. The van der Waals surface area contributed by atoms with Crippen molar-refractivity contribution in [2.45, 2.75) is 6.92 Å². The van der Waals surface area contributed by atoms with E-state index in [4.69, 9.17) is 4.42 Å². The highest BCUT2D eigenvalue weighted by Gasteiger charge is 2.17. The number of rotatable bonds is 1. The third kappa shape index (κ3) is 1.55. The molecule has 19 heavy (non-hydrogen) atoms. The Hall–Kier alpha value is -2.55. The van der Waals surface area contributed by atoms with Crippen molar-refractivity contribution in [1.82, 2.24) is 0 Å². The van der Waals surface area contributed by atoms with Gasteiger partial charge in [0, 0.05) is 11.1 Å². The van der Waals surface area contributed by atoms with Gasteiger partial charge in [-0.2, -0.15) is 0 Å². The summed E-state index contributed by atoms with van der Waals surface area (Å²) in [6, 6.07) is 16.3. The highest BCUT2D eigenvalue weighted by Crippen LogP contribution is 2.36. The van der Waals surface area contributed by atoms with E-state index in [2.05, 4.69) is 28.5 Å². The summed E-state index contributed by atoms with van der Waals surface area (Å²) in [6.07, 6.45) is 0. The zero-order chi connectivity index (χ0) is 12.8. The van der Waals surface area contributed by atoms with Crippen molar-refractivity contribution >= 4 is 28.0 Å². The number of amidine groups is 1. The van der Waals surface area contributed by atoms with Crippen LogP contribution in [-0.4, -0.2) is 5.84 Å². The molecular formula is C16H12N2O. The molecule has 3 aromatic rings. The monoisotopic (exact) mass is 248 g/mol. The molecule has 0 radical (unpaired) electrons. The number of anilines is 1. The highest BCUT2D eigenvalue weighted by molar-refractivity contribution is 6.18. The van der Waals surface area contributed by atoms with Gasteiger partial charge in [-0.15, -0.1) is 0 Å². The summed E-state index contributed by atoms with van der Waals surface area (Å²) in [5, 5.41) is 5.71. The molecule has 2 heterocycles. The van der Waals surface area contributed by atoms with Gasteiger partial charge in [0.05, 0.1) is 5.69 Å². The van der Waals surface area contributed by atoms with E-state index < -0.39 is 0 Å². The van der Waals surface area contributed by atoms with E-state index in [1.54, 1.807) is 0 Å². The molecule has 3 nitrogen and oxygen atoms in total. The molecule has 0 fully saturated rings. The van der Waals surface area contributed by atoms with Gasteiger partial charge in [-0.1, -0.05) is 24.3 Å². The van der Waals surface area contributed by atoms with Crippen LogP contribution in [0.1, 0.15) is 11.5 Å². The molecule has 3 heteroatoms. The lowest BCUT2D eigenvalue weighted by molar-refractivity contribution is 0.525. The lowest BCUT2D eigenvalue weighted by Crippen LogP contribution is -2.15. The average Bonchev–Trinajstić information content (AvgIpc) is 2.86. The van der Waals surface area contributed by atoms with Crippen LogP contribution in [0.4, 0.5) is 11.4 Å². The first-order valence-corrected chi connectivity index (χ1v) is 6.25. The number of nitrogens with one attached hydrogen (secondary N) is 1. The maximum absolute atomic E-state index is 5.64. The summed E-state index contributed by atoms with van der Waals surface area (Å²) in [7, 11) is 0. The number of aliphatic imine (C=N–C) groups is 1. The number of furan rings is 1. The van der Waals surface area contributed by atoms with E-state index >= 15 is 0 Å². The fourth-order valence-corrected chi connectivity index (χ4v) is 2.47. The van der Waals surface area contributed by atoms with Gasteiger partial charge in [-0.05, 0) is 36.6 Å². The van der Waals surface area contributed by atoms with Crippen LogP contribution in [0, 0.1) is 6.92 Å². The maximum atomic E-state index is 5.64. The van der Waals surface area contributed by atoms with Crippen LogP contribution in [0.25, 0.3) is 10.8 Å². The van der Waals surface area contributed by atoms with Gasteiger partial charge >= 0.3 is 0 Å². The minimum absolute atomic E-state index is 0.763. The van der Waals surface area contributed by atoms with Gasteiger partial charge in [0.2, 0.25) is 0 Å². The summed E-state index contributed by atoms with van der Waals surface area (Å²) in [4.78, 5) is 4.66. The van der Waals surface area contributed by atoms with Gasteiger partial charge < -0.3 is 9.73 Å². The van der Waals surface area contributed by atoms with Crippen LogP contribution in [0.2, 0.25) is 0 Å². The Morgan fingerprint density at radius 2 is 1.84 bits per heavy atom. The van der Waals surface area contributed by atoms with Crippen molar-refractivity contribution in [1.29, 1.82) is 0 Å². The van der Waals surface area contributed by atoms with Crippen LogP contribution in [-0.2, 0) is 0 Å². The molecule has 0 saturated heterocycles. The van der Waals surface area contributed by atoms with Gasteiger partial charge in [0.15, 0.2) is 11.6 Å². The van der Waals surface area contributed by atoms with E-state index in [0.717, 1.165) is 34.1 Å². The van der Waals surface area contributed by atoms with Crippen LogP contribution in [0.3, 0.4) is 0 Å². The van der Waals surface area contributed by atoms with Crippen molar-refractivity contribution in [3.63, 3.8) is 0 Å². The number of hydrogen-bond donors (Lipinski definition) is 1.